The predicted octanol–water partition coefficient (Wildman–Crippen LogP) is 5.09. The number of anilines is 2. The highest BCUT2D eigenvalue weighted by molar-refractivity contribution is 5.84. The highest BCUT2D eigenvalue weighted by Crippen LogP contribution is 2.34. The van der Waals surface area contributed by atoms with Crippen molar-refractivity contribution in [2.24, 2.45) is 0 Å². The minimum Gasteiger partial charge on any atom is -0.489 e. The van der Waals surface area contributed by atoms with E-state index in [1.165, 1.54) is 22.5 Å². The molecule has 0 saturated heterocycles. The Morgan fingerprint density at radius 2 is 1.62 bits per heavy atom. The van der Waals surface area contributed by atoms with Gasteiger partial charge in [-0.25, -0.2) is 0 Å². The van der Waals surface area contributed by atoms with Crippen LogP contribution in [0.15, 0.2) is 54.6 Å². The molecule has 26 heavy (non-hydrogen) atoms. The van der Waals surface area contributed by atoms with Crippen molar-refractivity contribution in [3.8, 4) is 5.75 Å². The van der Waals surface area contributed by atoms with Crippen molar-refractivity contribution in [2.75, 3.05) is 43.6 Å². The second kappa shape index (κ2) is 8.13. The quantitative estimate of drug-likeness (QED) is 0.723. The summed E-state index contributed by atoms with van der Waals surface area (Å²) in [6, 6.07) is 15.1. The van der Waals surface area contributed by atoms with Gasteiger partial charge < -0.3 is 14.5 Å². The van der Waals surface area contributed by atoms with Gasteiger partial charge in [-0.3, -0.25) is 0 Å². The second-order valence-electron chi connectivity index (χ2n) is 6.64. The third-order valence-corrected chi connectivity index (χ3v) is 4.81. The number of allylic oxidation sites excluding steroid dienone is 2. The molecule has 2 aromatic carbocycles. The molecule has 0 bridgehead atoms. The van der Waals surface area contributed by atoms with Gasteiger partial charge in [0.15, 0.2) is 0 Å². The Kier molecular flexibility index (Phi) is 5.67. The molecule has 0 saturated carbocycles. The fourth-order valence-corrected chi connectivity index (χ4v) is 3.21. The lowest BCUT2D eigenvalue weighted by Crippen LogP contribution is -2.22. The average Bonchev–Trinajstić information content (AvgIpc) is 2.67. The highest BCUT2D eigenvalue weighted by atomic mass is 16.5. The van der Waals surface area contributed by atoms with E-state index in [9.17, 15) is 0 Å². The zero-order valence-corrected chi connectivity index (χ0v) is 16.2. The maximum Gasteiger partial charge on any atom is 0.129 e. The molecule has 0 amide bonds. The van der Waals surface area contributed by atoms with Crippen LogP contribution < -0.4 is 14.5 Å². The monoisotopic (exact) mass is 348 g/mol. The Labute approximate surface area is 157 Å². The lowest BCUT2D eigenvalue weighted by atomic mass is 10.0. The van der Waals surface area contributed by atoms with E-state index >= 15 is 0 Å². The number of benzene rings is 2. The van der Waals surface area contributed by atoms with Gasteiger partial charge in [0.2, 0.25) is 0 Å². The van der Waals surface area contributed by atoms with Crippen molar-refractivity contribution in [3.63, 3.8) is 0 Å². The van der Waals surface area contributed by atoms with E-state index in [4.69, 9.17) is 4.74 Å². The number of hydrogen-bond donors (Lipinski definition) is 0. The highest BCUT2D eigenvalue weighted by Gasteiger charge is 2.14. The van der Waals surface area contributed by atoms with Crippen molar-refractivity contribution < 1.29 is 4.74 Å². The summed E-state index contributed by atoms with van der Waals surface area (Å²) in [5, 5.41) is 0. The lowest BCUT2D eigenvalue weighted by Gasteiger charge is -2.24. The SMILES string of the molecule is CCN(CC)c1ccc2c(c1)OCC=C2C=Cc1ccc(N(C)C)cc1. The van der Waals surface area contributed by atoms with Crippen molar-refractivity contribution in [2.45, 2.75) is 13.8 Å². The molecule has 1 aliphatic rings. The minimum atomic E-state index is 0.619. The Morgan fingerprint density at radius 1 is 0.923 bits per heavy atom. The molecule has 0 spiro atoms. The molecule has 1 aliphatic heterocycles. The smallest absolute Gasteiger partial charge is 0.129 e. The zero-order valence-electron chi connectivity index (χ0n) is 16.2. The van der Waals surface area contributed by atoms with Gasteiger partial charge in [-0.05, 0) is 55.3 Å². The van der Waals surface area contributed by atoms with Gasteiger partial charge in [0.25, 0.3) is 0 Å². The first kappa shape index (κ1) is 18.1. The summed E-state index contributed by atoms with van der Waals surface area (Å²) in [7, 11) is 4.11. The molecule has 1 heterocycles. The number of fused-ring (bicyclic) bond motifs is 1. The van der Waals surface area contributed by atoms with E-state index in [2.05, 4.69) is 98.4 Å². The maximum atomic E-state index is 5.89. The number of rotatable bonds is 6. The van der Waals surface area contributed by atoms with Crippen molar-refractivity contribution in [1.29, 1.82) is 0 Å². The van der Waals surface area contributed by atoms with E-state index in [1.54, 1.807) is 0 Å². The van der Waals surface area contributed by atoms with E-state index in [-0.39, 0.29) is 0 Å². The van der Waals surface area contributed by atoms with Crippen molar-refractivity contribution in [3.05, 3.63) is 65.7 Å². The van der Waals surface area contributed by atoms with Crippen LogP contribution in [-0.2, 0) is 0 Å². The molecule has 0 unspecified atom stereocenters. The topological polar surface area (TPSA) is 15.7 Å². The number of hydrogen-bond acceptors (Lipinski definition) is 3. The fourth-order valence-electron chi connectivity index (χ4n) is 3.21. The second-order valence-corrected chi connectivity index (χ2v) is 6.64. The van der Waals surface area contributed by atoms with Crippen LogP contribution in [0.5, 0.6) is 5.75 Å². The summed E-state index contributed by atoms with van der Waals surface area (Å²) in [5.41, 5.74) is 6.01. The molecule has 3 rings (SSSR count). The molecule has 0 aliphatic carbocycles. The van der Waals surface area contributed by atoms with Gasteiger partial charge in [-0.15, -0.1) is 0 Å². The minimum absolute atomic E-state index is 0.619. The van der Waals surface area contributed by atoms with Crippen LogP contribution in [0.25, 0.3) is 11.6 Å². The van der Waals surface area contributed by atoms with E-state index in [0.29, 0.717) is 6.61 Å². The molecule has 0 N–H and O–H groups in total. The Balaban J connectivity index is 1.81. The third kappa shape index (κ3) is 3.93. The van der Waals surface area contributed by atoms with Crippen LogP contribution in [0, 0.1) is 0 Å². The van der Waals surface area contributed by atoms with Crippen LogP contribution in [0.1, 0.15) is 25.0 Å². The zero-order chi connectivity index (χ0) is 18.5. The molecule has 0 fully saturated rings. The Hall–Kier alpha value is -2.68. The molecule has 0 aromatic heterocycles. The van der Waals surface area contributed by atoms with Gasteiger partial charge in [-0.1, -0.05) is 24.3 Å². The summed E-state index contributed by atoms with van der Waals surface area (Å²) < 4.78 is 5.89. The van der Waals surface area contributed by atoms with Gasteiger partial charge in [0, 0.05) is 50.2 Å². The fraction of sp³-hybridized carbons (Fsp3) is 0.304. The normalized spacial score (nSPS) is 13.2. The van der Waals surface area contributed by atoms with E-state index < -0.39 is 0 Å². The molecular weight excluding hydrogens is 320 g/mol. The van der Waals surface area contributed by atoms with Crippen LogP contribution in [0.3, 0.4) is 0 Å². The lowest BCUT2D eigenvalue weighted by molar-refractivity contribution is 0.357. The van der Waals surface area contributed by atoms with Crippen LogP contribution >= 0.6 is 0 Å². The van der Waals surface area contributed by atoms with Gasteiger partial charge in [0.1, 0.15) is 12.4 Å². The summed E-state index contributed by atoms with van der Waals surface area (Å²) >= 11 is 0. The number of ether oxygens (including phenoxy) is 1. The standard InChI is InChI=1S/C23H28N2O/c1-5-25(6-2)21-13-14-22-19(15-16-26-23(22)17-21)10-7-18-8-11-20(12-9-18)24(3)4/h7-15,17H,5-6,16H2,1-4H3. The maximum absolute atomic E-state index is 5.89. The third-order valence-electron chi connectivity index (χ3n) is 4.81. The van der Waals surface area contributed by atoms with Gasteiger partial charge in [0.05, 0.1) is 0 Å². The first-order valence-corrected chi connectivity index (χ1v) is 9.30. The first-order chi connectivity index (χ1) is 12.6. The Morgan fingerprint density at radius 3 is 2.27 bits per heavy atom. The summed E-state index contributed by atoms with van der Waals surface area (Å²) in [6.45, 7) is 6.98. The molecule has 0 atom stereocenters. The molecule has 2 aromatic rings. The molecular formula is C23H28N2O. The summed E-state index contributed by atoms with van der Waals surface area (Å²) in [5.74, 6) is 0.972. The van der Waals surface area contributed by atoms with Gasteiger partial charge >= 0.3 is 0 Å². The average molecular weight is 348 g/mol. The van der Waals surface area contributed by atoms with Crippen molar-refractivity contribution in [1.82, 2.24) is 0 Å². The number of nitrogens with zero attached hydrogens (tertiary/aromatic N) is 2. The van der Waals surface area contributed by atoms with Crippen molar-refractivity contribution >= 4 is 23.0 Å². The van der Waals surface area contributed by atoms with E-state index in [1.807, 2.05) is 0 Å². The Bertz CT molecular complexity index is 799. The molecule has 0 radical (unpaired) electrons. The molecule has 3 heteroatoms. The van der Waals surface area contributed by atoms with Crippen LogP contribution in [0.4, 0.5) is 11.4 Å². The predicted molar refractivity (Wildman–Crippen MR) is 113 cm³/mol. The molecule has 3 nitrogen and oxygen atoms in total. The van der Waals surface area contributed by atoms with Gasteiger partial charge in [-0.2, -0.15) is 0 Å². The molecule has 136 valence electrons. The van der Waals surface area contributed by atoms with Crippen LogP contribution in [0.2, 0.25) is 0 Å². The largest absolute Gasteiger partial charge is 0.489 e. The van der Waals surface area contributed by atoms with E-state index in [0.717, 1.165) is 24.4 Å². The summed E-state index contributed by atoms with van der Waals surface area (Å²) in [4.78, 5) is 4.45. The van der Waals surface area contributed by atoms with Crippen LogP contribution in [-0.4, -0.2) is 33.8 Å². The summed E-state index contributed by atoms with van der Waals surface area (Å²) in [6.07, 6.45) is 6.49. The first-order valence-electron chi connectivity index (χ1n) is 9.30.